The Balaban J connectivity index is 2.28. The number of benzene rings is 1. The first-order valence-corrected chi connectivity index (χ1v) is 7.00. The average Bonchev–Trinajstić information content (AvgIpc) is 2.43. The van der Waals surface area contributed by atoms with E-state index < -0.39 is 0 Å². The van der Waals surface area contributed by atoms with Crippen LogP contribution in [0.15, 0.2) is 24.3 Å². The van der Waals surface area contributed by atoms with E-state index in [9.17, 15) is 4.79 Å². The molecular formula is C16H25NO2. The van der Waals surface area contributed by atoms with E-state index in [2.05, 4.69) is 13.8 Å². The summed E-state index contributed by atoms with van der Waals surface area (Å²) < 4.78 is 5.68. The molecule has 0 saturated carbocycles. The standard InChI is InChI=1S/C16H25NO2/c1-5-14(3)17(4)16(18)11-8-12-19-15-10-7-6-9-13(15)2/h6-7,9-10,14H,5,8,11-12H2,1-4H3. The van der Waals surface area contributed by atoms with Crippen LogP contribution in [-0.2, 0) is 4.79 Å². The zero-order chi connectivity index (χ0) is 14.3. The first-order chi connectivity index (χ1) is 9.06. The lowest BCUT2D eigenvalue weighted by Gasteiger charge is -2.23. The fourth-order valence-electron chi connectivity index (χ4n) is 1.82. The van der Waals surface area contributed by atoms with Gasteiger partial charge >= 0.3 is 0 Å². The lowest BCUT2D eigenvalue weighted by molar-refractivity contribution is -0.131. The summed E-state index contributed by atoms with van der Waals surface area (Å²) in [7, 11) is 1.87. The van der Waals surface area contributed by atoms with Crippen LogP contribution in [0.3, 0.4) is 0 Å². The summed E-state index contributed by atoms with van der Waals surface area (Å²) >= 11 is 0. The third-order valence-electron chi connectivity index (χ3n) is 3.53. The summed E-state index contributed by atoms with van der Waals surface area (Å²) in [6, 6.07) is 8.25. The second-order valence-corrected chi connectivity index (χ2v) is 4.98. The van der Waals surface area contributed by atoms with Gasteiger partial charge in [-0.25, -0.2) is 0 Å². The molecule has 3 nitrogen and oxygen atoms in total. The molecule has 106 valence electrons. The molecule has 0 aromatic heterocycles. The molecule has 1 aromatic carbocycles. The molecule has 1 atom stereocenters. The van der Waals surface area contributed by atoms with Gasteiger partial charge in [-0.3, -0.25) is 4.79 Å². The van der Waals surface area contributed by atoms with Crippen LogP contribution in [0.4, 0.5) is 0 Å². The SMILES string of the molecule is CCC(C)N(C)C(=O)CCCOc1ccccc1C. The second kappa shape index (κ2) is 7.82. The molecular weight excluding hydrogens is 238 g/mol. The predicted octanol–water partition coefficient (Wildman–Crippen LogP) is 3.41. The number of amides is 1. The van der Waals surface area contributed by atoms with Gasteiger partial charge < -0.3 is 9.64 Å². The highest BCUT2D eigenvalue weighted by molar-refractivity contribution is 5.76. The Kier molecular flexibility index (Phi) is 6.40. The zero-order valence-corrected chi connectivity index (χ0v) is 12.5. The molecule has 19 heavy (non-hydrogen) atoms. The third-order valence-corrected chi connectivity index (χ3v) is 3.53. The summed E-state index contributed by atoms with van der Waals surface area (Å²) in [6.07, 6.45) is 2.29. The largest absolute Gasteiger partial charge is 0.493 e. The van der Waals surface area contributed by atoms with E-state index in [-0.39, 0.29) is 5.91 Å². The molecule has 0 aliphatic rings. The molecule has 0 N–H and O–H groups in total. The van der Waals surface area contributed by atoms with Crippen LogP contribution in [0.1, 0.15) is 38.7 Å². The minimum absolute atomic E-state index is 0.197. The molecule has 0 aliphatic carbocycles. The third kappa shape index (κ3) is 4.93. The summed E-state index contributed by atoms with van der Waals surface area (Å²) in [5, 5.41) is 0. The average molecular weight is 263 g/mol. The normalized spacial score (nSPS) is 12.0. The first-order valence-electron chi connectivity index (χ1n) is 7.00. The Hall–Kier alpha value is -1.51. The quantitative estimate of drug-likeness (QED) is 0.706. The number of rotatable bonds is 7. The predicted molar refractivity (Wildman–Crippen MR) is 78.4 cm³/mol. The molecule has 1 unspecified atom stereocenters. The Bertz CT molecular complexity index is 403. The Morgan fingerprint density at radius 2 is 2.05 bits per heavy atom. The van der Waals surface area contributed by atoms with E-state index in [4.69, 9.17) is 4.74 Å². The van der Waals surface area contributed by atoms with E-state index >= 15 is 0 Å². The summed E-state index contributed by atoms with van der Waals surface area (Å²) in [4.78, 5) is 13.7. The number of nitrogens with zero attached hydrogens (tertiary/aromatic N) is 1. The van der Waals surface area contributed by atoms with Gasteiger partial charge in [0, 0.05) is 19.5 Å². The first kappa shape index (κ1) is 15.5. The number of para-hydroxylation sites is 1. The van der Waals surface area contributed by atoms with Gasteiger partial charge in [-0.05, 0) is 38.3 Å². The van der Waals surface area contributed by atoms with Gasteiger partial charge in [-0.2, -0.15) is 0 Å². The molecule has 1 aromatic rings. The molecule has 0 saturated heterocycles. The fourth-order valence-corrected chi connectivity index (χ4v) is 1.82. The summed E-state index contributed by atoms with van der Waals surface area (Å²) in [6.45, 7) is 6.78. The molecule has 0 heterocycles. The Morgan fingerprint density at radius 3 is 2.68 bits per heavy atom. The second-order valence-electron chi connectivity index (χ2n) is 4.98. The van der Waals surface area contributed by atoms with Crippen molar-refractivity contribution < 1.29 is 9.53 Å². The molecule has 1 rings (SSSR count). The van der Waals surface area contributed by atoms with Crippen molar-refractivity contribution in [3.63, 3.8) is 0 Å². The maximum atomic E-state index is 11.9. The van der Waals surface area contributed by atoms with Crippen molar-refractivity contribution >= 4 is 5.91 Å². The van der Waals surface area contributed by atoms with Gasteiger partial charge in [0.05, 0.1) is 6.61 Å². The lowest BCUT2D eigenvalue weighted by Crippen LogP contribution is -2.34. The minimum Gasteiger partial charge on any atom is -0.493 e. The van der Waals surface area contributed by atoms with Crippen LogP contribution in [0.2, 0.25) is 0 Å². The van der Waals surface area contributed by atoms with Crippen LogP contribution in [0, 0.1) is 6.92 Å². The van der Waals surface area contributed by atoms with Gasteiger partial charge in [0.25, 0.3) is 0 Å². The fraction of sp³-hybridized carbons (Fsp3) is 0.562. The Morgan fingerprint density at radius 1 is 1.37 bits per heavy atom. The van der Waals surface area contributed by atoms with Crippen molar-refractivity contribution in [2.45, 2.75) is 46.1 Å². The summed E-state index contributed by atoms with van der Waals surface area (Å²) in [5.41, 5.74) is 1.13. The molecule has 1 amide bonds. The van der Waals surface area contributed by atoms with Crippen molar-refractivity contribution in [1.82, 2.24) is 4.90 Å². The van der Waals surface area contributed by atoms with Gasteiger partial charge in [0.2, 0.25) is 5.91 Å². The van der Waals surface area contributed by atoms with Crippen molar-refractivity contribution in [2.75, 3.05) is 13.7 Å². The van der Waals surface area contributed by atoms with Crippen LogP contribution in [0.25, 0.3) is 0 Å². The van der Waals surface area contributed by atoms with Crippen molar-refractivity contribution in [1.29, 1.82) is 0 Å². The van der Waals surface area contributed by atoms with Gasteiger partial charge in [0.15, 0.2) is 0 Å². The van der Waals surface area contributed by atoms with Crippen LogP contribution < -0.4 is 4.74 Å². The van der Waals surface area contributed by atoms with Crippen LogP contribution in [0.5, 0.6) is 5.75 Å². The molecule has 0 bridgehead atoms. The molecule has 0 aliphatic heterocycles. The number of ether oxygens (including phenoxy) is 1. The maximum absolute atomic E-state index is 11.9. The van der Waals surface area contributed by atoms with Gasteiger partial charge in [0.1, 0.15) is 5.75 Å². The molecule has 0 spiro atoms. The van der Waals surface area contributed by atoms with Crippen LogP contribution >= 0.6 is 0 Å². The zero-order valence-electron chi connectivity index (χ0n) is 12.5. The van der Waals surface area contributed by atoms with E-state index in [1.165, 1.54) is 0 Å². The number of hydrogen-bond donors (Lipinski definition) is 0. The molecule has 3 heteroatoms. The monoisotopic (exact) mass is 263 g/mol. The van der Waals surface area contributed by atoms with Crippen LogP contribution in [-0.4, -0.2) is 30.5 Å². The van der Waals surface area contributed by atoms with E-state index in [1.807, 2.05) is 43.1 Å². The number of carbonyl (C=O) groups is 1. The topological polar surface area (TPSA) is 29.5 Å². The highest BCUT2D eigenvalue weighted by atomic mass is 16.5. The lowest BCUT2D eigenvalue weighted by atomic mass is 10.2. The van der Waals surface area contributed by atoms with Gasteiger partial charge in [-0.1, -0.05) is 25.1 Å². The highest BCUT2D eigenvalue weighted by Gasteiger charge is 2.13. The van der Waals surface area contributed by atoms with Crippen molar-refractivity contribution in [3.8, 4) is 5.75 Å². The smallest absolute Gasteiger partial charge is 0.222 e. The van der Waals surface area contributed by atoms with E-state index in [0.717, 1.165) is 24.2 Å². The maximum Gasteiger partial charge on any atom is 0.222 e. The number of hydrogen-bond acceptors (Lipinski definition) is 2. The Labute approximate surface area is 116 Å². The van der Waals surface area contributed by atoms with Gasteiger partial charge in [-0.15, -0.1) is 0 Å². The number of carbonyl (C=O) groups excluding carboxylic acids is 1. The number of aryl methyl sites for hydroxylation is 1. The summed E-state index contributed by atoms with van der Waals surface area (Å²) in [5.74, 6) is 1.10. The van der Waals surface area contributed by atoms with E-state index in [0.29, 0.717) is 19.1 Å². The van der Waals surface area contributed by atoms with Crippen molar-refractivity contribution in [3.05, 3.63) is 29.8 Å². The highest BCUT2D eigenvalue weighted by Crippen LogP contribution is 2.16. The minimum atomic E-state index is 0.197. The molecule has 0 radical (unpaired) electrons. The van der Waals surface area contributed by atoms with E-state index in [1.54, 1.807) is 0 Å². The van der Waals surface area contributed by atoms with Crippen molar-refractivity contribution in [2.24, 2.45) is 0 Å². The molecule has 0 fully saturated rings.